The fourth-order valence-corrected chi connectivity index (χ4v) is 5.61. The normalized spacial score (nSPS) is 16.4. The second-order valence-corrected chi connectivity index (χ2v) is 10.2. The van der Waals surface area contributed by atoms with Crippen molar-refractivity contribution in [2.75, 3.05) is 54.8 Å². The highest BCUT2D eigenvalue weighted by Crippen LogP contribution is 2.30. The Morgan fingerprint density at radius 1 is 0.912 bits per heavy atom. The predicted octanol–water partition coefficient (Wildman–Crippen LogP) is 4.27. The molecule has 0 aliphatic carbocycles. The summed E-state index contributed by atoms with van der Waals surface area (Å²) >= 11 is 7.72. The lowest BCUT2D eigenvalue weighted by atomic mass is 10.2. The largest absolute Gasteiger partial charge is 0.368 e. The molecule has 2 aliphatic heterocycles. The molecule has 178 valence electrons. The zero-order chi connectivity index (χ0) is 23.5. The van der Waals surface area contributed by atoms with Gasteiger partial charge in [0, 0.05) is 50.0 Å². The van der Waals surface area contributed by atoms with Gasteiger partial charge in [-0.15, -0.1) is 10.2 Å². The van der Waals surface area contributed by atoms with Gasteiger partial charge in [-0.2, -0.15) is 0 Å². The van der Waals surface area contributed by atoms with Crippen molar-refractivity contribution in [3.8, 4) is 5.69 Å². The van der Waals surface area contributed by atoms with Gasteiger partial charge in [0.05, 0.1) is 11.4 Å². The van der Waals surface area contributed by atoms with E-state index < -0.39 is 0 Å². The van der Waals surface area contributed by atoms with Gasteiger partial charge < -0.3 is 14.7 Å². The van der Waals surface area contributed by atoms with Crippen molar-refractivity contribution in [2.24, 2.45) is 0 Å². The topological polar surface area (TPSA) is 57.5 Å². The molecule has 2 fully saturated rings. The minimum absolute atomic E-state index is 0.136. The van der Waals surface area contributed by atoms with E-state index in [-0.39, 0.29) is 5.91 Å². The van der Waals surface area contributed by atoms with Crippen molar-refractivity contribution in [2.45, 2.75) is 24.9 Å². The number of hydrogen-bond donors (Lipinski definition) is 0. The van der Waals surface area contributed by atoms with Crippen LogP contribution in [0.15, 0.2) is 53.7 Å². The molecular formula is C25H29ClN6OS. The smallest absolute Gasteiger partial charge is 0.233 e. The van der Waals surface area contributed by atoms with Crippen LogP contribution >= 0.6 is 23.4 Å². The molecule has 5 rings (SSSR count). The molecule has 0 radical (unpaired) electrons. The van der Waals surface area contributed by atoms with E-state index >= 15 is 0 Å². The highest BCUT2D eigenvalue weighted by molar-refractivity contribution is 7.99. The third kappa shape index (κ3) is 5.03. The maximum atomic E-state index is 13.0. The van der Waals surface area contributed by atoms with Crippen molar-refractivity contribution in [3.05, 3.63) is 59.1 Å². The van der Waals surface area contributed by atoms with E-state index in [1.165, 1.54) is 23.0 Å². The number of benzene rings is 2. The van der Waals surface area contributed by atoms with E-state index in [4.69, 9.17) is 11.6 Å². The molecular weight excluding hydrogens is 468 g/mol. The molecule has 0 spiro atoms. The van der Waals surface area contributed by atoms with Gasteiger partial charge in [0.2, 0.25) is 11.9 Å². The quantitative estimate of drug-likeness (QED) is 0.475. The van der Waals surface area contributed by atoms with Crippen LogP contribution in [0.5, 0.6) is 0 Å². The molecule has 2 aliphatic rings. The van der Waals surface area contributed by atoms with E-state index in [0.717, 1.165) is 68.9 Å². The number of amides is 1. The third-order valence-corrected chi connectivity index (χ3v) is 7.54. The first kappa shape index (κ1) is 23.1. The summed E-state index contributed by atoms with van der Waals surface area (Å²) < 4.78 is 2.03. The standard InChI is InChI=1S/C25H29ClN6OS/c1-19-6-4-8-21(16-19)29-12-14-30(15-13-29)23(33)18-34-25-28-27-24(31-10-2-3-11-31)32(25)22-9-5-7-20(26)17-22/h4-9,16-17H,2-3,10-15,18H2,1H3. The van der Waals surface area contributed by atoms with Crippen LogP contribution in [0.2, 0.25) is 5.02 Å². The van der Waals surface area contributed by atoms with Gasteiger partial charge in [-0.1, -0.05) is 41.6 Å². The van der Waals surface area contributed by atoms with Gasteiger partial charge in [0.1, 0.15) is 0 Å². The number of thioether (sulfide) groups is 1. The second-order valence-electron chi connectivity index (χ2n) is 8.79. The number of carbonyl (C=O) groups excluding carboxylic acids is 1. The summed E-state index contributed by atoms with van der Waals surface area (Å²) in [5.41, 5.74) is 3.40. The monoisotopic (exact) mass is 496 g/mol. The first-order valence-corrected chi connectivity index (χ1v) is 13.1. The molecule has 9 heteroatoms. The van der Waals surface area contributed by atoms with Gasteiger partial charge in [-0.3, -0.25) is 9.36 Å². The SMILES string of the molecule is Cc1cccc(N2CCN(C(=O)CSc3nnc(N4CCCC4)n3-c3cccc(Cl)c3)CC2)c1. The number of anilines is 2. The summed E-state index contributed by atoms with van der Waals surface area (Å²) in [5, 5.41) is 10.3. The lowest BCUT2D eigenvalue weighted by Crippen LogP contribution is -2.49. The van der Waals surface area contributed by atoms with E-state index in [1.54, 1.807) is 0 Å². The Labute approximate surface area is 209 Å². The highest BCUT2D eigenvalue weighted by Gasteiger charge is 2.25. The van der Waals surface area contributed by atoms with Gasteiger partial charge in [0.15, 0.2) is 5.16 Å². The molecule has 34 heavy (non-hydrogen) atoms. The number of nitrogens with zero attached hydrogens (tertiary/aromatic N) is 6. The molecule has 3 aromatic rings. The fourth-order valence-electron chi connectivity index (χ4n) is 4.58. The van der Waals surface area contributed by atoms with Crippen molar-refractivity contribution in [1.29, 1.82) is 0 Å². The van der Waals surface area contributed by atoms with Gasteiger partial charge in [-0.25, -0.2) is 0 Å². The zero-order valence-electron chi connectivity index (χ0n) is 19.4. The lowest BCUT2D eigenvalue weighted by Gasteiger charge is -2.36. The van der Waals surface area contributed by atoms with Crippen LogP contribution < -0.4 is 9.80 Å². The Balaban J connectivity index is 1.26. The number of aryl methyl sites for hydroxylation is 1. The predicted molar refractivity (Wildman–Crippen MR) is 139 cm³/mol. The summed E-state index contributed by atoms with van der Waals surface area (Å²) in [6, 6.07) is 16.3. The Hall–Kier alpha value is -2.71. The van der Waals surface area contributed by atoms with Crippen LogP contribution in [-0.2, 0) is 4.79 Å². The van der Waals surface area contributed by atoms with E-state index in [9.17, 15) is 4.79 Å². The van der Waals surface area contributed by atoms with Crippen LogP contribution in [0.3, 0.4) is 0 Å². The molecule has 2 aromatic carbocycles. The summed E-state index contributed by atoms with van der Waals surface area (Å²) in [7, 11) is 0. The molecule has 2 saturated heterocycles. The molecule has 0 atom stereocenters. The maximum absolute atomic E-state index is 13.0. The first-order valence-electron chi connectivity index (χ1n) is 11.8. The van der Waals surface area contributed by atoms with Crippen LogP contribution in [0, 0.1) is 6.92 Å². The number of piperazine rings is 1. The van der Waals surface area contributed by atoms with Gasteiger partial charge >= 0.3 is 0 Å². The summed E-state index contributed by atoms with van der Waals surface area (Å²) in [6.07, 6.45) is 2.30. The Bertz CT molecular complexity index is 1150. The van der Waals surface area contributed by atoms with Crippen LogP contribution in [0.25, 0.3) is 5.69 Å². The summed E-state index contributed by atoms with van der Waals surface area (Å²) in [5.74, 6) is 1.29. The third-order valence-electron chi connectivity index (χ3n) is 6.40. The van der Waals surface area contributed by atoms with E-state index in [0.29, 0.717) is 10.8 Å². The van der Waals surface area contributed by atoms with Gasteiger partial charge in [-0.05, 0) is 55.7 Å². The number of halogens is 1. The van der Waals surface area contributed by atoms with Crippen molar-refractivity contribution < 1.29 is 4.79 Å². The Morgan fingerprint density at radius 2 is 1.65 bits per heavy atom. The molecule has 0 N–H and O–H groups in total. The molecule has 0 saturated carbocycles. The average Bonchev–Trinajstić information content (AvgIpc) is 3.52. The molecule has 1 amide bonds. The maximum Gasteiger partial charge on any atom is 0.233 e. The molecule has 1 aromatic heterocycles. The molecule has 3 heterocycles. The summed E-state index contributed by atoms with van der Waals surface area (Å²) in [4.78, 5) is 19.6. The Morgan fingerprint density at radius 3 is 2.38 bits per heavy atom. The van der Waals surface area contributed by atoms with Crippen molar-refractivity contribution in [3.63, 3.8) is 0 Å². The van der Waals surface area contributed by atoms with Crippen molar-refractivity contribution >= 4 is 40.9 Å². The lowest BCUT2D eigenvalue weighted by molar-refractivity contribution is -0.128. The number of carbonyl (C=O) groups is 1. The molecule has 0 bridgehead atoms. The molecule has 0 unspecified atom stereocenters. The van der Waals surface area contributed by atoms with E-state index in [2.05, 4.69) is 51.2 Å². The average molecular weight is 497 g/mol. The zero-order valence-corrected chi connectivity index (χ0v) is 20.9. The Kier molecular flexibility index (Phi) is 6.97. The second kappa shape index (κ2) is 10.3. The van der Waals surface area contributed by atoms with Crippen molar-refractivity contribution in [1.82, 2.24) is 19.7 Å². The number of rotatable bonds is 6. The van der Waals surface area contributed by atoms with Gasteiger partial charge in [0.25, 0.3) is 0 Å². The summed E-state index contributed by atoms with van der Waals surface area (Å²) in [6.45, 7) is 7.19. The fraction of sp³-hybridized carbons (Fsp3) is 0.400. The minimum atomic E-state index is 0.136. The number of hydrogen-bond acceptors (Lipinski definition) is 6. The van der Waals surface area contributed by atoms with Crippen LogP contribution in [0.1, 0.15) is 18.4 Å². The van der Waals surface area contributed by atoms with Crippen LogP contribution in [0.4, 0.5) is 11.6 Å². The molecule has 7 nitrogen and oxygen atoms in total. The van der Waals surface area contributed by atoms with E-state index in [1.807, 2.05) is 33.7 Å². The van der Waals surface area contributed by atoms with Crippen LogP contribution in [-0.4, -0.2) is 70.6 Å². The first-order chi connectivity index (χ1) is 16.6. The number of aromatic nitrogens is 3. The highest BCUT2D eigenvalue weighted by atomic mass is 35.5. The minimum Gasteiger partial charge on any atom is -0.368 e.